The van der Waals surface area contributed by atoms with Crippen LogP contribution >= 0.6 is 15.9 Å². The summed E-state index contributed by atoms with van der Waals surface area (Å²) in [5.41, 5.74) is 1.50. The van der Waals surface area contributed by atoms with Crippen LogP contribution in [0.25, 0.3) is 5.69 Å². The maximum atomic E-state index is 12.3. The van der Waals surface area contributed by atoms with Gasteiger partial charge >= 0.3 is 0 Å². The number of hydrogen-bond donors (Lipinski definition) is 1. The highest BCUT2D eigenvalue weighted by Crippen LogP contribution is 2.15. The van der Waals surface area contributed by atoms with Crippen LogP contribution < -0.4 is 5.32 Å². The van der Waals surface area contributed by atoms with Gasteiger partial charge in [-0.2, -0.15) is 5.10 Å². The van der Waals surface area contributed by atoms with Gasteiger partial charge in [0.05, 0.1) is 22.9 Å². The number of fused-ring (bicyclic) bond motifs is 1. The third-order valence-corrected chi connectivity index (χ3v) is 4.45. The first-order valence-electron chi connectivity index (χ1n) is 7.70. The number of benzene rings is 1. The third kappa shape index (κ3) is 2.84. The van der Waals surface area contributed by atoms with Crippen molar-refractivity contribution in [3.05, 3.63) is 58.3 Å². The second kappa shape index (κ2) is 6.20. The summed E-state index contributed by atoms with van der Waals surface area (Å²) >= 11 is 3.37. The van der Waals surface area contributed by atoms with Crippen molar-refractivity contribution in [1.29, 1.82) is 0 Å². The van der Waals surface area contributed by atoms with Crippen molar-refractivity contribution in [2.45, 2.75) is 25.9 Å². The molecule has 0 radical (unpaired) electrons. The predicted octanol–water partition coefficient (Wildman–Crippen LogP) is 2.10. The molecule has 1 N–H and O–H groups in total. The van der Waals surface area contributed by atoms with Crippen molar-refractivity contribution >= 4 is 21.8 Å². The third-order valence-electron chi connectivity index (χ3n) is 4.04. The van der Waals surface area contributed by atoms with Crippen LogP contribution in [0.2, 0.25) is 0 Å². The van der Waals surface area contributed by atoms with Gasteiger partial charge in [-0.3, -0.25) is 4.79 Å². The monoisotopic (exact) mass is 386 g/mol. The fourth-order valence-corrected chi connectivity index (χ4v) is 3.10. The Hall–Kier alpha value is -2.48. The van der Waals surface area contributed by atoms with Crippen LogP contribution in [-0.2, 0) is 19.5 Å². The predicted molar refractivity (Wildman–Crippen MR) is 90.8 cm³/mol. The van der Waals surface area contributed by atoms with Crippen LogP contribution in [0.15, 0.2) is 41.1 Å². The van der Waals surface area contributed by atoms with Gasteiger partial charge in [0.1, 0.15) is 5.82 Å². The average Bonchev–Trinajstić information content (AvgIpc) is 3.30. The standard InChI is InChI=1S/C16H15BrN6O/c17-12-8-19-23(10-12)13-5-3-11(4-6-13)16(24)18-9-15-21-20-14-2-1-7-22(14)15/h3-6,8,10H,1-2,7,9H2,(H,18,24). The molecule has 1 aromatic carbocycles. The van der Waals surface area contributed by atoms with Crippen LogP contribution in [0.1, 0.15) is 28.4 Å². The molecule has 2 aromatic heterocycles. The summed E-state index contributed by atoms with van der Waals surface area (Å²) in [5.74, 6) is 1.70. The van der Waals surface area contributed by atoms with Gasteiger partial charge in [-0.05, 0) is 46.6 Å². The molecule has 0 atom stereocenters. The number of carbonyl (C=O) groups is 1. The molecule has 0 saturated carbocycles. The number of aryl methyl sites for hydroxylation is 1. The summed E-state index contributed by atoms with van der Waals surface area (Å²) in [5, 5.41) is 15.4. The van der Waals surface area contributed by atoms with Crippen molar-refractivity contribution in [2.75, 3.05) is 0 Å². The molecule has 24 heavy (non-hydrogen) atoms. The molecular formula is C16H15BrN6O. The lowest BCUT2D eigenvalue weighted by atomic mass is 10.2. The average molecular weight is 387 g/mol. The minimum atomic E-state index is -0.126. The molecule has 1 amide bonds. The van der Waals surface area contributed by atoms with Gasteiger partial charge in [-0.15, -0.1) is 10.2 Å². The molecule has 7 nitrogen and oxygen atoms in total. The van der Waals surface area contributed by atoms with Gasteiger partial charge in [-0.25, -0.2) is 4.68 Å². The Morgan fingerprint density at radius 2 is 2.08 bits per heavy atom. The number of aromatic nitrogens is 5. The molecule has 0 unspecified atom stereocenters. The summed E-state index contributed by atoms with van der Waals surface area (Å²) in [4.78, 5) is 12.3. The fourth-order valence-electron chi connectivity index (χ4n) is 2.81. The molecule has 0 saturated heterocycles. The number of nitrogens with zero attached hydrogens (tertiary/aromatic N) is 5. The van der Waals surface area contributed by atoms with Crippen LogP contribution in [0.3, 0.4) is 0 Å². The van der Waals surface area contributed by atoms with E-state index in [1.165, 1.54) is 0 Å². The molecule has 0 aliphatic carbocycles. The van der Waals surface area contributed by atoms with Gasteiger partial charge < -0.3 is 9.88 Å². The topological polar surface area (TPSA) is 77.6 Å². The van der Waals surface area contributed by atoms with E-state index in [0.29, 0.717) is 12.1 Å². The lowest BCUT2D eigenvalue weighted by Crippen LogP contribution is -2.24. The molecule has 4 rings (SSSR count). The Labute approximate surface area is 146 Å². The van der Waals surface area contributed by atoms with Crippen LogP contribution in [0.4, 0.5) is 0 Å². The number of amides is 1. The highest BCUT2D eigenvalue weighted by molar-refractivity contribution is 9.10. The molecule has 122 valence electrons. The first-order chi connectivity index (χ1) is 11.7. The van der Waals surface area contributed by atoms with E-state index in [9.17, 15) is 4.79 Å². The molecule has 8 heteroatoms. The Bertz CT molecular complexity index is 882. The summed E-state index contributed by atoms with van der Waals surface area (Å²) in [7, 11) is 0. The van der Waals surface area contributed by atoms with Crippen molar-refractivity contribution in [1.82, 2.24) is 29.9 Å². The summed E-state index contributed by atoms with van der Waals surface area (Å²) in [6, 6.07) is 7.30. The first kappa shape index (κ1) is 15.1. The highest BCUT2D eigenvalue weighted by Gasteiger charge is 2.17. The fraction of sp³-hybridized carbons (Fsp3) is 0.250. The number of carbonyl (C=O) groups excluding carboxylic acids is 1. The van der Waals surface area contributed by atoms with Gasteiger partial charge in [0.25, 0.3) is 5.91 Å². The number of nitrogens with one attached hydrogen (secondary N) is 1. The number of hydrogen-bond acceptors (Lipinski definition) is 4. The van der Waals surface area contributed by atoms with E-state index < -0.39 is 0 Å². The first-order valence-corrected chi connectivity index (χ1v) is 8.50. The van der Waals surface area contributed by atoms with Gasteiger partial charge in [0.15, 0.2) is 5.82 Å². The summed E-state index contributed by atoms with van der Waals surface area (Å²) in [6.45, 7) is 1.32. The Morgan fingerprint density at radius 3 is 2.83 bits per heavy atom. The second-order valence-electron chi connectivity index (χ2n) is 5.62. The molecule has 0 bridgehead atoms. The molecular weight excluding hydrogens is 372 g/mol. The van der Waals surface area contributed by atoms with E-state index in [0.717, 1.165) is 41.2 Å². The number of halogens is 1. The Kier molecular flexibility index (Phi) is 3.89. The van der Waals surface area contributed by atoms with E-state index in [1.807, 2.05) is 18.3 Å². The van der Waals surface area contributed by atoms with E-state index in [-0.39, 0.29) is 5.91 Å². The number of rotatable bonds is 4. The van der Waals surface area contributed by atoms with Crippen molar-refractivity contribution in [2.24, 2.45) is 0 Å². The zero-order chi connectivity index (χ0) is 16.5. The van der Waals surface area contributed by atoms with E-state index in [2.05, 4.69) is 41.1 Å². The van der Waals surface area contributed by atoms with Crippen molar-refractivity contribution in [3.63, 3.8) is 0 Å². The molecule has 3 heterocycles. The van der Waals surface area contributed by atoms with E-state index >= 15 is 0 Å². The van der Waals surface area contributed by atoms with Gasteiger partial charge in [0, 0.05) is 24.7 Å². The highest BCUT2D eigenvalue weighted by atomic mass is 79.9. The molecule has 3 aromatic rings. The Balaban J connectivity index is 1.42. The molecule has 0 spiro atoms. The van der Waals surface area contributed by atoms with Crippen molar-refractivity contribution < 1.29 is 4.79 Å². The zero-order valence-corrected chi connectivity index (χ0v) is 14.4. The Morgan fingerprint density at radius 1 is 1.25 bits per heavy atom. The maximum Gasteiger partial charge on any atom is 0.251 e. The summed E-state index contributed by atoms with van der Waals surface area (Å²) in [6.07, 6.45) is 5.64. The second-order valence-corrected chi connectivity index (χ2v) is 6.54. The van der Waals surface area contributed by atoms with E-state index in [1.54, 1.807) is 23.0 Å². The summed E-state index contributed by atoms with van der Waals surface area (Å²) < 4.78 is 4.73. The van der Waals surface area contributed by atoms with E-state index in [4.69, 9.17) is 0 Å². The maximum absolute atomic E-state index is 12.3. The normalized spacial score (nSPS) is 13.0. The molecule has 1 aliphatic heterocycles. The lowest BCUT2D eigenvalue weighted by Gasteiger charge is -2.07. The minimum Gasteiger partial charge on any atom is -0.345 e. The van der Waals surface area contributed by atoms with Gasteiger partial charge in [0.2, 0.25) is 0 Å². The largest absolute Gasteiger partial charge is 0.345 e. The van der Waals surface area contributed by atoms with Crippen LogP contribution in [-0.4, -0.2) is 30.5 Å². The minimum absolute atomic E-state index is 0.126. The van der Waals surface area contributed by atoms with Crippen LogP contribution in [0.5, 0.6) is 0 Å². The molecule has 1 aliphatic rings. The SMILES string of the molecule is O=C(NCc1nnc2n1CCC2)c1ccc(-n2cc(Br)cn2)cc1. The lowest BCUT2D eigenvalue weighted by molar-refractivity contribution is 0.0949. The molecule has 0 fully saturated rings. The van der Waals surface area contributed by atoms with Crippen molar-refractivity contribution in [3.8, 4) is 5.69 Å². The van der Waals surface area contributed by atoms with Crippen LogP contribution in [0, 0.1) is 0 Å². The van der Waals surface area contributed by atoms with Gasteiger partial charge in [-0.1, -0.05) is 0 Å². The quantitative estimate of drug-likeness (QED) is 0.744. The smallest absolute Gasteiger partial charge is 0.251 e. The zero-order valence-electron chi connectivity index (χ0n) is 12.8.